The van der Waals surface area contributed by atoms with Gasteiger partial charge in [0.25, 0.3) is 5.91 Å². The van der Waals surface area contributed by atoms with Gasteiger partial charge in [0.2, 0.25) is 0 Å². The summed E-state index contributed by atoms with van der Waals surface area (Å²) >= 11 is 11.8. The molecule has 0 saturated heterocycles. The zero-order valence-electron chi connectivity index (χ0n) is 12.8. The first-order valence-electron chi connectivity index (χ1n) is 7.14. The number of nitrogens with one attached hydrogen (secondary N) is 2. The summed E-state index contributed by atoms with van der Waals surface area (Å²) in [5, 5.41) is 12.3. The van der Waals surface area contributed by atoms with Gasteiger partial charge in [-0.25, -0.2) is 0 Å². The van der Waals surface area contributed by atoms with Crippen molar-refractivity contribution < 1.29 is 18.0 Å². The van der Waals surface area contributed by atoms with Crippen molar-refractivity contribution in [3.8, 4) is 0 Å². The van der Waals surface area contributed by atoms with E-state index in [-0.39, 0.29) is 10.8 Å². The fraction of sp³-hybridized carbons (Fsp3) is 0.133. The zero-order valence-corrected chi connectivity index (χ0v) is 14.3. The summed E-state index contributed by atoms with van der Waals surface area (Å²) in [6, 6.07) is 7.66. The second-order valence-electron chi connectivity index (χ2n) is 5.27. The van der Waals surface area contributed by atoms with Crippen molar-refractivity contribution >= 4 is 34.9 Å². The van der Waals surface area contributed by atoms with E-state index in [2.05, 4.69) is 15.5 Å². The third kappa shape index (κ3) is 4.17. The lowest BCUT2D eigenvalue weighted by molar-refractivity contribution is -0.141. The molecule has 0 fully saturated rings. The van der Waals surface area contributed by atoms with E-state index < -0.39 is 23.5 Å². The molecular weight excluding hydrogens is 394 g/mol. The van der Waals surface area contributed by atoms with Crippen LogP contribution < -0.4 is 5.32 Å². The number of benzene rings is 1. The molecule has 0 unspecified atom stereocenters. The number of hydrogen-bond acceptors (Lipinski definition) is 3. The maximum atomic E-state index is 12.5. The maximum absolute atomic E-state index is 12.5. The third-order valence-corrected chi connectivity index (χ3v) is 3.85. The normalized spacial score (nSPS) is 11.6. The van der Waals surface area contributed by atoms with Crippen LogP contribution in [0.5, 0.6) is 0 Å². The SMILES string of the molecule is O=C(Nc1nn(Cc2ccc(Cl)cc2)cc1Cl)c1cc(C(F)(F)F)[nH]n1. The van der Waals surface area contributed by atoms with Crippen LogP contribution in [0.1, 0.15) is 21.7 Å². The van der Waals surface area contributed by atoms with Crippen LogP contribution in [0.2, 0.25) is 10.0 Å². The third-order valence-electron chi connectivity index (χ3n) is 3.32. The molecule has 0 saturated carbocycles. The van der Waals surface area contributed by atoms with E-state index in [0.29, 0.717) is 17.6 Å². The van der Waals surface area contributed by atoms with E-state index in [4.69, 9.17) is 23.2 Å². The molecule has 0 aliphatic carbocycles. The smallest absolute Gasteiger partial charge is 0.302 e. The van der Waals surface area contributed by atoms with Gasteiger partial charge in [-0.2, -0.15) is 23.4 Å². The number of H-pyrrole nitrogens is 1. The Balaban J connectivity index is 1.72. The van der Waals surface area contributed by atoms with Crippen LogP contribution in [-0.2, 0) is 12.7 Å². The topological polar surface area (TPSA) is 75.6 Å². The lowest BCUT2D eigenvalue weighted by Gasteiger charge is -2.02. The lowest BCUT2D eigenvalue weighted by Crippen LogP contribution is -2.13. The molecule has 3 aromatic rings. The summed E-state index contributed by atoms with van der Waals surface area (Å²) in [7, 11) is 0. The molecule has 6 nitrogen and oxygen atoms in total. The molecule has 0 aliphatic rings. The minimum Gasteiger partial charge on any atom is -0.302 e. The molecule has 2 heterocycles. The van der Waals surface area contributed by atoms with Gasteiger partial charge in [0, 0.05) is 17.3 Å². The number of hydrogen-bond donors (Lipinski definition) is 2. The van der Waals surface area contributed by atoms with Crippen molar-refractivity contribution in [2.45, 2.75) is 12.7 Å². The highest BCUT2D eigenvalue weighted by Gasteiger charge is 2.34. The van der Waals surface area contributed by atoms with E-state index in [1.54, 1.807) is 29.4 Å². The second-order valence-corrected chi connectivity index (χ2v) is 6.11. The van der Waals surface area contributed by atoms with Crippen LogP contribution in [0.25, 0.3) is 0 Å². The monoisotopic (exact) mass is 403 g/mol. The Morgan fingerprint density at radius 2 is 1.92 bits per heavy atom. The predicted octanol–water partition coefficient (Wildman–Crippen LogP) is 4.23. The summed E-state index contributed by atoms with van der Waals surface area (Å²) in [6.07, 6.45) is -3.14. The van der Waals surface area contributed by atoms with Gasteiger partial charge in [0.15, 0.2) is 11.5 Å². The number of halogens is 5. The Morgan fingerprint density at radius 3 is 2.54 bits per heavy atom. The van der Waals surface area contributed by atoms with E-state index in [9.17, 15) is 18.0 Å². The van der Waals surface area contributed by atoms with Gasteiger partial charge in [-0.15, -0.1) is 0 Å². The molecule has 2 aromatic heterocycles. The number of aromatic amines is 1. The minimum absolute atomic E-state index is 0.0159. The number of anilines is 1. The molecule has 0 aliphatic heterocycles. The zero-order chi connectivity index (χ0) is 18.9. The standard InChI is InChI=1S/C15H10Cl2F3N5O/c16-9-3-1-8(2-4-9)6-25-7-10(17)13(24-25)21-14(26)11-5-12(23-22-11)15(18,19)20/h1-5,7H,6H2,(H,22,23)(H,21,24,26). The molecule has 1 aromatic carbocycles. The molecule has 2 N–H and O–H groups in total. The summed E-state index contributed by atoms with van der Waals surface area (Å²) < 4.78 is 39.1. The summed E-state index contributed by atoms with van der Waals surface area (Å²) in [4.78, 5) is 12.0. The molecule has 1 amide bonds. The first-order chi connectivity index (χ1) is 12.2. The Kier molecular flexibility index (Phi) is 4.92. The van der Waals surface area contributed by atoms with E-state index >= 15 is 0 Å². The van der Waals surface area contributed by atoms with Crippen LogP contribution >= 0.6 is 23.2 Å². The highest BCUT2D eigenvalue weighted by molar-refractivity contribution is 6.33. The van der Waals surface area contributed by atoms with Crippen molar-refractivity contribution in [2.24, 2.45) is 0 Å². The number of alkyl halides is 3. The van der Waals surface area contributed by atoms with Crippen molar-refractivity contribution in [1.29, 1.82) is 0 Å². The molecule has 3 rings (SSSR count). The first-order valence-corrected chi connectivity index (χ1v) is 7.89. The summed E-state index contributed by atoms with van der Waals surface area (Å²) in [5.41, 5.74) is -0.656. The molecule has 0 atom stereocenters. The van der Waals surface area contributed by atoms with Crippen molar-refractivity contribution in [1.82, 2.24) is 20.0 Å². The molecule has 0 radical (unpaired) electrons. The quantitative estimate of drug-likeness (QED) is 0.684. The highest BCUT2D eigenvalue weighted by atomic mass is 35.5. The second kappa shape index (κ2) is 7.00. The molecule has 11 heteroatoms. The largest absolute Gasteiger partial charge is 0.432 e. The Labute approximate surface area is 154 Å². The van der Waals surface area contributed by atoms with Crippen LogP contribution in [0, 0.1) is 0 Å². The van der Waals surface area contributed by atoms with E-state index in [1.807, 2.05) is 0 Å². The van der Waals surface area contributed by atoms with Crippen LogP contribution in [0.3, 0.4) is 0 Å². The number of rotatable bonds is 4. The maximum Gasteiger partial charge on any atom is 0.432 e. The lowest BCUT2D eigenvalue weighted by atomic mass is 10.2. The van der Waals surface area contributed by atoms with Gasteiger partial charge in [0.05, 0.1) is 6.54 Å². The van der Waals surface area contributed by atoms with Crippen LogP contribution in [-0.4, -0.2) is 25.9 Å². The molecular formula is C15H10Cl2F3N5O. The Hall–Kier alpha value is -2.52. The van der Waals surface area contributed by atoms with Gasteiger partial charge in [-0.1, -0.05) is 35.3 Å². The van der Waals surface area contributed by atoms with Gasteiger partial charge < -0.3 is 5.32 Å². The van der Waals surface area contributed by atoms with Gasteiger partial charge >= 0.3 is 6.18 Å². The fourth-order valence-corrected chi connectivity index (χ4v) is 2.42. The number of carbonyl (C=O) groups is 1. The number of carbonyl (C=O) groups excluding carboxylic acids is 1. The van der Waals surface area contributed by atoms with Gasteiger partial charge in [-0.3, -0.25) is 14.6 Å². The van der Waals surface area contributed by atoms with Crippen LogP contribution in [0.15, 0.2) is 36.5 Å². The van der Waals surface area contributed by atoms with Crippen LogP contribution in [0.4, 0.5) is 19.0 Å². The summed E-state index contributed by atoms with van der Waals surface area (Å²) in [5.74, 6) is -0.849. The Bertz CT molecular complexity index is 934. The molecule has 0 bridgehead atoms. The average molecular weight is 404 g/mol. The minimum atomic E-state index is -4.62. The van der Waals surface area contributed by atoms with Crippen molar-refractivity contribution in [2.75, 3.05) is 5.32 Å². The van der Waals surface area contributed by atoms with Gasteiger partial charge in [-0.05, 0) is 17.7 Å². The average Bonchev–Trinajstić information content (AvgIpc) is 3.17. The fourth-order valence-electron chi connectivity index (χ4n) is 2.09. The van der Waals surface area contributed by atoms with E-state index in [1.165, 1.54) is 10.9 Å². The Morgan fingerprint density at radius 1 is 1.23 bits per heavy atom. The molecule has 26 heavy (non-hydrogen) atoms. The number of nitrogens with zero attached hydrogens (tertiary/aromatic N) is 3. The van der Waals surface area contributed by atoms with Crippen molar-refractivity contribution in [3.05, 3.63) is 63.5 Å². The first kappa shape index (κ1) is 18.3. The number of aromatic nitrogens is 4. The highest BCUT2D eigenvalue weighted by Crippen LogP contribution is 2.28. The van der Waals surface area contributed by atoms with Crippen molar-refractivity contribution in [3.63, 3.8) is 0 Å². The van der Waals surface area contributed by atoms with Gasteiger partial charge in [0.1, 0.15) is 10.7 Å². The molecule has 136 valence electrons. The molecule has 0 spiro atoms. The summed E-state index contributed by atoms with van der Waals surface area (Å²) in [6.45, 7) is 0.368. The number of amides is 1. The van der Waals surface area contributed by atoms with E-state index in [0.717, 1.165) is 5.56 Å². The predicted molar refractivity (Wildman–Crippen MR) is 89.3 cm³/mol.